The summed E-state index contributed by atoms with van der Waals surface area (Å²) in [4.78, 5) is 2.47. The van der Waals surface area contributed by atoms with E-state index in [-0.39, 0.29) is 11.6 Å². The number of rotatable bonds is 5. The Morgan fingerprint density at radius 2 is 1.62 bits per heavy atom. The van der Waals surface area contributed by atoms with E-state index in [4.69, 9.17) is 0 Å². The molecule has 1 fully saturated rings. The standard InChI is InChI=1S/C14H29NO/c1-12(2)8-9-13(16)14(3,4)15-10-6-5-7-11-15/h12-13,16H,5-11H2,1-4H3. The summed E-state index contributed by atoms with van der Waals surface area (Å²) in [6, 6.07) is 0. The predicted octanol–water partition coefficient (Wildman–Crippen LogP) is 3.05. The highest BCUT2D eigenvalue weighted by Crippen LogP contribution is 2.26. The van der Waals surface area contributed by atoms with Gasteiger partial charge < -0.3 is 5.11 Å². The zero-order chi connectivity index (χ0) is 12.2. The number of hydrogen-bond donors (Lipinski definition) is 1. The Morgan fingerprint density at radius 3 is 2.12 bits per heavy atom. The molecule has 0 aromatic carbocycles. The van der Waals surface area contributed by atoms with Crippen molar-refractivity contribution in [3.63, 3.8) is 0 Å². The smallest absolute Gasteiger partial charge is 0.0718 e. The third-order valence-corrected chi connectivity index (χ3v) is 4.00. The summed E-state index contributed by atoms with van der Waals surface area (Å²) >= 11 is 0. The summed E-state index contributed by atoms with van der Waals surface area (Å²) in [5.74, 6) is 0.687. The molecule has 2 nitrogen and oxygen atoms in total. The lowest BCUT2D eigenvalue weighted by Crippen LogP contribution is -2.54. The van der Waals surface area contributed by atoms with Crippen LogP contribution in [0.15, 0.2) is 0 Å². The summed E-state index contributed by atoms with van der Waals surface area (Å²) in [5.41, 5.74) is -0.0463. The Hall–Kier alpha value is -0.0800. The molecule has 1 saturated heterocycles. The number of nitrogens with zero attached hydrogens (tertiary/aromatic N) is 1. The van der Waals surface area contributed by atoms with Gasteiger partial charge in [-0.3, -0.25) is 4.90 Å². The molecule has 2 heteroatoms. The third kappa shape index (κ3) is 3.74. The molecule has 1 atom stereocenters. The lowest BCUT2D eigenvalue weighted by molar-refractivity contribution is -0.0252. The lowest BCUT2D eigenvalue weighted by atomic mass is 9.88. The molecule has 1 N–H and O–H groups in total. The van der Waals surface area contributed by atoms with Crippen molar-refractivity contribution in [1.82, 2.24) is 4.90 Å². The molecule has 1 rings (SSSR count). The molecule has 1 unspecified atom stereocenters. The lowest BCUT2D eigenvalue weighted by Gasteiger charge is -2.44. The SMILES string of the molecule is CC(C)CCC(O)C(C)(C)N1CCCCC1. The van der Waals surface area contributed by atoms with Crippen molar-refractivity contribution in [3.8, 4) is 0 Å². The molecule has 1 aliphatic heterocycles. The van der Waals surface area contributed by atoms with Crippen LogP contribution in [0.5, 0.6) is 0 Å². The predicted molar refractivity (Wildman–Crippen MR) is 69.6 cm³/mol. The minimum atomic E-state index is -0.187. The topological polar surface area (TPSA) is 23.5 Å². The number of likely N-dealkylation sites (tertiary alicyclic amines) is 1. The molecular formula is C14H29NO. The number of aliphatic hydroxyl groups is 1. The first-order chi connectivity index (χ1) is 7.44. The van der Waals surface area contributed by atoms with Crippen molar-refractivity contribution in [2.75, 3.05) is 13.1 Å². The molecule has 0 spiro atoms. The molecule has 1 heterocycles. The fourth-order valence-corrected chi connectivity index (χ4v) is 2.53. The van der Waals surface area contributed by atoms with Crippen LogP contribution in [0.3, 0.4) is 0 Å². The Labute approximate surface area is 101 Å². The minimum absolute atomic E-state index is 0.0463. The molecule has 0 amide bonds. The first-order valence-corrected chi connectivity index (χ1v) is 6.87. The van der Waals surface area contributed by atoms with Gasteiger partial charge in [0, 0.05) is 5.54 Å². The van der Waals surface area contributed by atoms with Gasteiger partial charge in [-0.25, -0.2) is 0 Å². The molecule has 0 aromatic heterocycles. The summed E-state index contributed by atoms with van der Waals surface area (Å²) in [5, 5.41) is 10.3. The number of aliphatic hydroxyl groups excluding tert-OH is 1. The summed E-state index contributed by atoms with van der Waals surface area (Å²) < 4.78 is 0. The van der Waals surface area contributed by atoms with Crippen molar-refractivity contribution >= 4 is 0 Å². The summed E-state index contributed by atoms with van der Waals surface area (Å²) in [7, 11) is 0. The normalized spacial score (nSPS) is 21.4. The highest BCUT2D eigenvalue weighted by atomic mass is 16.3. The van der Waals surface area contributed by atoms with Crippen LogP contribution in [0, 0.1) is 5.92 Å². The van der Waals surface area contributed by atoms with Crippen LogP contribution in [0.1, 0.15) is 59.8 Å². The third-order valence-electron chi connectivity index (χ3n) is 4.00. The average Bonchev–Trinajstić information content (AvgIpc) is 2.27. The van der Waals surface area contributed by atoms with Gasteiger partial charge in [-0.2, -0.15) is 0 Å². The molecular weight excluding hydrogens is 198 g/mol. The van der Waals surface area contributed by atoms with Gasteiger partial charge in [0.15, 0.2) is 0 Å². The zero-order valence-corrected chi connectivity index (χ0v) is 11.5. The van der Waals surface area contributed by atoms with Gasteiger partial charge in [-0.1, -0.05) is 20.3 Å². The number of piperidine rings is 1. The van der Waals surface area contributed by atoms with Gasteiger partial charge in [-0.05, 0) is 58.5 Å². The van der Waals surface area contributed by atoms with E-state index in [1.807, 2.05) is 0 Å². The molecule has 1 aliphatic rings. The second-order valence-electron chi connectivity index (χ2n) is 6.19. The quantitative estimate of drug-likeness (QED) is 0.780. The van der Waals surface area contributed by atoms with Crippen LogP contribution in [-0.4, -0.2) is 34.7 Å². The highest BCUT2D eigenvalue weighted by molar-refractivity contribution is 4.90. The van der Waals surface area contributed by atoms with Crippen molar-refractivity contribution in [3.05, 3.63) is 0 Å². The Bertz CT molecular complexity index is 195. The van der Waals surface area contributed by atoms with Crippen LogP contribution in [-0.2, 0) is 0 Å². The molecule has 96 valence electrons. The molecule has 16 heavy (non-hydrogen) atoms. The molecule has 0 aromatic rings. The largest absolute Gasteiger partial charge is 0.391 e. The molecule has 0 radical (unpaired) electrons. The second-order valence-corrected chi connectivity index (χ2v) is 6.19. The van der Waals surface area contributed by atoms with E-state index in [1.165, 1.54) is 19.3 Å². The maximum Gasteiger partial charge on any atom is 0.0718 e. The Morgan fingerprint density at radius 1 is 1.06 bits per heavy atom. The molecule has 0 saturated carbocycles. The maximum absolute atomic E-state index is 10.3. The van der Waals surface area contributed by atoms with Gasteiger partial charge >= 0.3 is 0 Å². The van der Waals surface area contributed by atoms with E-state index in [0.717, 1.165) is 25.9 Å². The zero-order valence-electron chi connectivity index (χ0n) is 11.5. The first-order valence-electron chi connectivity index (χ1n) is 6.87. The van der Waals surface area contributed by atoms with Crippen molar-refractivity contribution in [2.24, 2.45) is 5.92 Å². The fourth-order valence-electron chi connectivity index (χ4n) is 2.53. The van der Waals surface area contributed by atoms with Gasteiger partial charge in [0.25, 0.3) is 0 Å². The maximum atomic E-state index is 10.3. The molecule has 0 aliphatic carbocycles. The van der Waals surface area contributed by atoms with Crippen LogP contribution in [0.25, 0.3) is 0 Å². The summed E-state index contributed by atoms with van der Waals surface area (Å²) in [6.45, 7) is 11.2. The van der Waals surface area contributed by atoms with Crippen LogP contribution < -0.4 is 0 Å². The van der Waals surface area contributed by atoms with Gasteiger partial charge in [0.2, 0.25) is 0 Å². The first kappa shape index (κ1) is 14.0. The van der Waals surface area contributed by atoms with Crippen LogP contribution in [0.2, 0.25) is 0 Å². The average molecular weight is 227 g/mol. The van der Waals surface area contributed by atoms with Gasteiger partial charge in [0.1, 0.15) is 0 Å². The van der Waals surface area contributed by atoms with Crippen LogP contribution >= 0.6 is 0 Å². The van der Waals surface area contributed by atoms with E-state index in [1.54, 1.807) is 0 Å². The van der Waals surface area contributed by atoms with Gasteiger partial charge in [0.05, 0.1) is 6.10 Å². The fraction of sp³-hybridized carbons (Fsp3) is 1.00. The molecule has 0 bridgehead atoms. The highest BCUT2D eigenvalue weighted by Gasteiger charge is 2.34. The Balaban J connectivity index is 2.46. The van der Waals surface area contributed by atoms with Crippen molar-refractivity contribution < 1.29 is 5.11 Å². The second kappa shape index (κ2) is 6.02. The van der Waals surface area contributed by atoms with E-state index in [9.17, 15) is 5.11 Å². The monoisotopic (exact) mass is 227 g/mol. The van der Waals surface area contributed by atoms with E-state index < -0.39 is 0 Å². The minimum Gasteiger partial charge on any atom is -0.391 e. The van der Waals surface area contributed by atoms with E-state index in [2.05, 4.69) is 32.6 Å². The Kier molecular flexibility index (Phi) is 5.26. The van der Waals surface area contributed by atoms with Crippen molar-refractivity contribution in [1.29, 1.82) is 0 Å². The number of hydrogen-bond acceptors (Lipinski definition) is 2. The van der Waals surface area contributed by atoms with Gasteiger partial charge in [-0.15, -0.1) is 0 Å². The van der Waals surface area contributed by atoms with E-state index in [0.29, 0.717) is 5.92 Å². The van der Waals surface area contributed by atoms with Crippen molar-refractivity contribution in [2.45, 2.75) is 71.4 Å². The summed E-state index contributed by atoms with van der Waals surface area (Å²) in [6.07, 6.45) is 5.81. The van der Waals surface area contributed by atoms with Crippen LogP contribution in [0.4, 0.5) is 0 Å². The van der Waals surface area contributed by atoms with E-state index >= 15 is 0 Å².